The molecule has 1 fully saturated rings. The van der Waals surface area contributed by atoms with Gasteiger partial charge < -0.3 is 9.47 Å². The van der Waals surface area contributed by atoms with E-state index < -0.39 is 0 Å². The molecule has 1 rings (SSSR count). The number of hydrogen-bond donors (Lipinski definition) is 0. The van der Waals surface area contributed by atoms with Crippen molar-refractivity contribution in [3.05, 3.63) is 25.3 Å². The van der Waals surface area contributed by atoms with Crippen molar-refractivity contribution in [2.24, 2.45) is 0 Å². The normalized spacial score (nSPS) is 25.5. The molecule has 1 heterocycles. The highest BCUT2D eigenvalue weighted by molar-refractivity contribution is 4.97. The maximum Gasteiger partial charge on any atom is 0.102 e. The predicted octanol–water partition coefficient (Wildman–Crippen LogP) is 2.31. The van der Waals surface area contributed by atoms with Crippen molar-refractivity contribution in [2.75, 3.05) is 13.2 Å². The highest BCUT2D eigenvalue weighted by Gasteiger charge is 2.34. The molecule has 74 valence electrons. The van der Waals surface area contributed by atoms with Gasteiger partial charge in [-0.2, -0.15) is 0 Å². The van der Waals surface area contributed by atoms with Gasteiger partial charge in [0.15, 0.2) is 0 Å². The third kappa shape index (κ3) is 4.25. The molecule has 2 atom stereocenters. The van der Waals surface area contributed by atoms with E-state index in [1.165, 1.54) is 0 Å². The molecule has 0 aromatic heterocycles. The zero-order valence-corrected chi connectivity index (χ0v) is 8.08. The Kier molecular flexibility index (Phi) is 4.79. The molecule has 2 heteroatoms. The molecule has 0 aromatic carbocycles. The molecule has 2 nitrogen and oxygen atoms in total. The molecule has 0 aliphatic carbocycles. The summed E-state index contributed by atoms with van der Waals surface area (Å²) in [5, 5.41) is 0. The van der Waals surface area contributed by atoms with Gasteiger partial charge in [0, 0.05) is 13.2 Å². The molecule has 0 spiro atoms. The van der Waals surface area contributed by atoms with Gasteiger partial charge in [0.1, 0.15) is 6.10 Å². The average molecular weight is 182 g/mol. The molecule has 0 amide bonds. The molecular formula is C11H18O2. The summed E-state index contributed by atoms with van der Waals surface area (Å²) in [5.74, 6) is 0. The third-order valence-electron chi connectivity index (χ3n) is 2.10. The number of rotatable bonds is 8. The summed E-state index contributed by atoms with van der Waals surface area (Å²) in [6.07, 6.45) is 7.57. The lowest BCUT2D eigenvalue weighted by atomic mass is 10.2. The quantitative estimate of drug-likeness (QED) is 0.326. The van der Waals surface area contributed by atoms with E-state index in [2.05, 4.69) is 13.2 Å². The minimum atomic E-state index is 0.313. The van der Waals surface area contributed by atoms with Gasteiger partial charge in [0.2, 0.25) is 0 Å². The lowest BCUT2D eigenvalue weighted by molar-refractivity contribution is 0.133. The lowest BCUT2D eigenvalue weighted by Gasteiger charge is -2.00. The van der Waals surface area contributed by atoms with Crippen LogP contribution in [0.2, 0.25) is 0 Å². The van der Waals surface area contributed by atoms with Crippen LogP contribution in [0.4, 0.5) is 0 Å². The largest absolute Gasteiger partial charge is 0.381 e. The van der Waals surface area contributed by atoms with Gasteiger partial charge in [-0.1, -0.05) is 12.2 Å². The Morgan fingerprint density at radius 2 is 2.15 bits per heavy atom. The molecular weight excluding hydrogens is 164 g/mol. The SMILES string of the molecule is C=CCCOCCC[C@H]1O[C@@H]1C=C. The lowest BCUT2D eigenvalue weighted by Crippen LogP contribution is -1.98. The first-order valence-electron chi connectivity index (χ1n) is 4.85. The maximum absolute atomic E-state index is 5.37. The molecule has 1 aliphatic heterocycles. The van der Waals surface area contributed by atoms with Crippen molar-refractivity contribution in [1.82, 2.24) is 0 Å². The van der Waals surface area contributed by atoms with Gasteiger partial charge in [0.05, 0.1) is 6.10 Å². The van der Waals surface area contributed by atoms with Crippen molar-refractivity contribution in [3.8, 4) is 0 Å². The van der Waals surface area contributed by atoms with Crippen LogP contribution in [0.1, 0.15) is 19.3 Å². The van der Waals surface area contributed by atoms with E-state index in [9.17, 15) is 0 Å². The molecule has 13 heavy (non-hydrogen) atoms. The first-order chi connectivity index (χ1) is 6.38. The second kappa shape index (κ2) is 5.95. The van der Waals surface area contributed by atoms with Gasteiger partial charge >= 0.3 is 0 Å². The zero-order valence-electron chi connectivity index (χ0n) is 8.08. The Morgan fingerprint density at radius 1 is 1.31 bits per heavy atom. The van der Waals surface area contributed by atoms with Crippen LogP contribution >= 0.6 is 0 Å². The van der Waals surface area contributed by atoms with E-state index >= 15 is 0 Å². The summed E-state index contributed by atoms with van der Waals surface area (Å²) < 4.78 is 10.7. The molecule has 0 unspecified atom stereocenters. The maximum atomic E-state index is 5.37. The fourth-order valence-electron chi connectivity index (χ4n) is 1.25. The molecule has 1 saturated heterocycles. The van der Waals surface area contributed by atoms with E-state index in [-0.39, 0.29) is 0 Å². The van der Waals surface area contributed by atoms with E-state index in [1.54, 1.807) is 0 Å². The summed E-state index contributed by atoms with van der Waals surface area (Å²) in [7, 11) is 0. The molecule has 0 bridgehead atoms. The fourth-order valence-corrected chi connectivity index (χ4v) is 1.25. The Morgan fingerprint density at radius 3 is 2.77 bits per heavy atom. The second-order valence-electron chi connectivity index (χ2n) is 3.21. The minimum Gasteiger partial charge on any atom is -0.381 e. The topological polar surface area (TPSA) is 21.8 Å². The second-order valence-corrected chi connectivity index (χ2v) is 3.21. The van der Waals surface area contributed by atoms with Crippen LogP contribution in [-0.4, -0.2) is 25.4 Å². The van der Waals surface area contributed by atoms with Gasteiger partial charge in [0.25, 0.3) is 0 Å². The van der Waals surface area contributed by atoms with E-state index in [1.807, 2.05) is 12.2 Å². The van der Waals surface area contributed by atoms with Crippen molar-refractivity contribution in [1.29, 1.82) is 0 Å². The molecule has 0 aromatic rings. The first kappa shape index (κ1) is 10.5. The summed E-state index contributed by atoms with van der Waals surface area (Å²) >= 11 is 0. The summed E-state index contributed by atoms with van der Waals surface area (Å²) in [4.78, 5) is 0. The minimum absolute atomic E-state index is 0.313. The van der Waals surface area contributed by atoms with Crippen LogP contribution in [-0.2, 0) is 9.47 Å². The van der Waals surface area contributed by atoms with Crippen molar-refractivity contribution in [2.45, 2.75) is 31.5 Å². The van der Waals surface area contributed by atoms with Crippen LogP contribution in [0.5, 0.6) is 0 Å². The molecule has 0 saturated carbocycles. The summed E-state index contributed by atoms with van der Waals surface area (Å²) in [5.41, 5.74) is 0. The number of ether oxygens (including phenoxy) is 2. The number of hydrogen-bond acceptors (Lipinski definition) is 2. The molecule has 0 radical (unpaired) electrons. The Labute approximate surface area is 80.2 Å². The van der Waals surface area contributed by atoms with Gasteiger partial charge in [-0.3, -0.25) is 0 Å². The molecule has 1 aliphatic rings. The average Bonchev–Trinajstić information content (AvgIpc) is 2.90. The van der Waals surface area contributed by atoms with Crippen molar-refractivity contribution < 1.29 is 9.47 Å². The van der Waals surface area contributed by atoms with Crippen LogP contribution in [0, 0.1) is 0 Å². The standard InChI is InChI=1S/C11H18O2/c1-3-5-8-12-9-6-7-11-10(4-2)13-11/h3-4,10-11H,1-2,5-9H2/t10-,11-/m1/s1. The first-order valence-corrected chi connectivity index (χ1v) is 4.85. The fraction of sp³-hybridized carbons (Fsp3) is 0.636. The van der Waals surface area contributed by atoms with Gasteiger partial charge in [-0.25, -0.2) is 0 Å². The smallest absolute Gasteiger partial charge is 0.102 e. The van der Waals surface area contributed by atoms with E-state index in [0.717, 1.165) is 32.5 Å². The zero-order chi connectivity index (χ0) is 9.52. The van der Waals surface area contributed by atoms with E-state index in [4.69, 9.17) is 9.47 Å². The van der Waals surface area contributed by atoms with Crippen LogP contribution in [0.15, 0.2) is 25.3 Å². The third-order valence-corrected chi connectivity index (χ3v) is 2.10. The number of epoxide rings is 1. The van der Waals surface area contributed by atoms with Gasteiger partial charge in [-0.15, -0.1) is 13.2 Å². The van der Waals surface area contributed by atoms with Crippen LogP contribution in [0.25, 0.3) is 0 Å². The predicted molar refractivity (Wildman–Crippen MR) is 53.7 cm³/mol. The van der Waals surface area contributed by atoms with E-state index in [0.29, 0.717) is 12.2 Å². The Hall–Kier alpha value is -0.600. The summed E-state index contributed by atoms with van der Waals surface area (Å²) in [6, 6.07) is 0. The summed E-state index contributed by atoms with van der Waals surface area (Å²) in [6.45, 7) is 8.92. The van der Waals surface area contributed by atoms with Crippen LogP contribution in [0.3, 0.4) is 0 Å². The molecule has 0 N–H and O–H groups in total. The highest BCUT2D eigenvalue weighted by Crippen LogP contribution is 2.26. The van der Waals surface area contributed by atoms with Crippen molar-refractivity contribution >= 4 is 0 Å². The Balaban J connectivity index is 1.80. The highest BCUT2D eigenvalue weighted by atomic mass is 16.6. The van der Waals surface area contributed by atoms with Crippen molar-refractivity contribution in [3.63, 3.8) is 0 Å². The van der Waals surface area contributed by atoms with Gasteiger partial charge in [-0.05, 0) is 19.3 Å². The monoisotopic (exact) mass is 182 g/mol. The van der Waals surface area contributed by atoms with Crippen LogP contribution < -0.4 is 0 Å². The Bertz CT molecular complexity index is 165.